The Bertz CT molecular complexity index is 1350. The van der Waals surface area contributed by atoms with Gasteiger partial charge < -0.3 is 35.7 Å². The maximum absolute atomic E-state index is 12.9. The fraction of sp³-hybridized carbons (Fsp3) is 0.350. The van der Waals surface area contributed by atoms with E-state index in [1.165, 1.54) is 47.4 Å². The Balaban J connectivity index is 0.00000267. The topological polar surface area (TPSA) is 203 Å². The molecule has 2 aliphatic rings. The number of amides is 2. The predicted molar refractivity (Wildman–Crippen MR) is 133 cm³/mol. The molecule has 0 aliphatic carbocycles. The molecule has 196 valence electrons. The van der Waals surface area contributed by atoms with Gasteiger partial charge in [-0.05, 0) is 12.5 Å². The van der Waals surface area contributed by atoms with Gasteiger partial charge in [-0.25, -0.2) is 9.97 Å². The van der Waals surface area contributed by atoms with Crippen LogP contribution >= 0.6 is 46.2 Å². The molecule has 1 saturated heterocycles. The number of carboxylic acids is 2. The summed E-state index contributed by atoms with van der Waals surface area (Å²) in [6.07, 6.45) is -0.253. The first-order valence-corrected chi connectivity index (χ1v) is 14.1. The zero-order valence-corrected chi connectivity index (χ0v) is 28.5. The van der Waals surface area contributed by atoms with Gasteiger partial charge in [0.1, 0.15) is 24.2 Å². The average Bonchev–Trinajstić information content (AvgIpc) is 3.42. The Kier molecular flexibility index (Phi) is 12.8. The van der Waals surface area contributed by atoms with E-state index >= 15 is 0 Å². The molecule has 2 amide bonds. The van der Waals surface area contributed by atoms with Crippen LogP contribution in [-0.2, 0) is 30.4 Å². The Hall–Kier alpha value is -1.15. The first kappa shape index (κ1) is 34.1. The molecule has 0 spiro atoms. The third-order valence-electron chi connectivity index (χ3n) is 5.24. The van der Waals surface area contributed by atoms with Gasteiger partial charge in [0.2, 0.25) is 0 Å². The molecule has 13 nitrogen and oxygen atoms in total. The third kappa shape index (κ3) is 7.58. The fourth-order valence-corrected chi connectivity index (χ4v) is 7.84. The van der Waals surface area contributed by atoms with Gasteiger partial charge in [-0.2, -0.15) is 0 Å². The molecule has 0 saturated carbocycles. The summed E-state index contributed by atoms with van der Waals surface area (Å²) in [5, 5.41) is 30.2. The average molecular weight is 629 g/mol. The number of anilines is 1. The number of aromatic nitrogens is 2. The van der Waals surface area contributed by atoms with Crippen LogP contribution in [0.15, 0.2) is 26.1 Å². The number of nitrogens with two attached hydrogens (primary N) is 1. The number of fused-ring (bicyclic) bond motifs is 1. The SMILES string of the molecule is CON=C(C(=O)NC1C(=O)N2C(C(=O)[O-])=C(CSc3nc(C)c(CC(=O)[O-])s3)CSC12)c1csc(N)n1.[Na+].[Na+]. The minimum atomic E-state index is -1.51. The van der Waals surface area contributed by atoms with E-state index in [0.717, 1.165) is 16.2 Å². The van der Waals surface area contributed by atoms with Crippen molar-refractivity contribution in [2.45, 2.75) is 29.1 Å². The second kappa shape index (κ2) is 14.7. The zero-order chi connectivity index (χ0) is 26.9. The number of nitrogens with zero attached hydrogens (tertiary/aromatic N) is 4. The summed E-state index contributed by atoms with van der Waals surface area (Å²) in [6, 6.07) is -0.993. The maximum Gasteiger partial charge on any atom is 1.00 e. The number of hydrogen-bond donors (Lipinski definition) is 2. The van der Waals surface area contributed by atoms with Gasteiger partial charge in [0, 0.05) is 34.2 Å². The van der Waals surface area contributed by atoms with Crippen LogP contribution in [0.25, 0.3) is 0 Å². The Morgan fingerprint density at radius 1 is 1.31 bits per heavy atom. The maximum atomic E-state index is 12.9. The quantitative estimate of drug-likeness (QED) is 0.0829. The van der Waals surface area contributed by atoms with Crippen molar-refractivity contribution in [1.82, 2.24) is 20.2 Å². The molecule has 0 aromatic carbocycles. The van der Waals surface area contributed by atoms with Crippen LogP contribution in [0, 0.1) is 6.92 Å². The second-order valence-electron chi connectivity index (χ2n) is 7.62. The molecule has 0 bridgehead atoms. The van der Waals surface area contributed by atoms with E-state index in [2.05, 4.69) is 20.4 Å². The first-order chi connectivity index (χ1) is 17.6. The number of nitrogen functional groups attached to an aromatic ring is 1. The van der Waals surface area contributed by atoms with Gasteiger partial charge in [-0.3, -0.25) is 14.5 Å². The van der Waals surface area contributed by atoms with Gasteiger partial charge in [-0.1, -0.05) is 16.9 Å². The number of carboxylic acid groups (broad SMARTS) is 2. The summed E-state index contributed by atoms with van der Waals surface area (Å²) in [5.74, 6) is -3.58. The minimum Gasteiger partial charge on any atom is -0.550 e. The van der Waals surface area contributed by atoms with Crippen LogP contribution in [0.3, 0.4) is 0 Å². The van der Waals surface area contributed by atoms with Gasteiger partial charge in [-0.15, -0.1) is 34.4 Å². The number of β-lactam (4-membered cyclic amide) rings is 1. The van der Waals surface area contributed by atoms with Crippen molar-refractivity contribution >= 4 is 80.8 Å². The van der Waals surface area contributed by atoms with Gasteiger partial charge in [0.05, 0.1) is 17.4 Å². The Labute approximate surface area is 283 Å². The smallest absolute Gasteiger partial charge is 0.550 e. The van der Waals surface area contributed by atoms with Crippen LogP contribution < -0.4 is 80.4 Å². The normalized spacial score (nSPS) is 18.4. The monoisotopic (exact) mass is 628 g/mol. The molecule has 0 radical (unpaired) electrons. The summed E-state index contributed by atoms with van der Waals surface area (Å²) in [5.41, 5.74) is 6.41. The molecular formula is C20H18N6Na2O7S4. The van der Waals surface area contributed by atoms with Gasteiger partial charge in [0.25, 0.3) is 11.8 Å². The molecule has 2 unspecified atom stereocenters. The molecule has 3 N–H and O–H groups in total. The molecule has 39 heavy (non-hydrogen) atoms. The number of aliphatic carboxylic acids is 2. The van der Waals surface area contributed by atoms with Crippen molar-refractivity contribution in [3.63, 3.8) is 0 Å². The fourth-order valence-electron chi connectivity index (χ4n) is 3.59. The van der Waals surface area contributed by atoms with E-state index in [9.17, 15) is 29.4 Å². The summed E-state index contributed by atoms with van der Waals surface area (Å²) < 4.78 is 0.568. The van der Waals surface area contributed by atoms with Crippen LogP contribution in [-0.4, -0.2) is 74.4 Å². The van der Waals surface area contributed by atoms with Crippen molar-refractivity contribution in [3.8, 4) is 0 Å². The van der Waals surface area contributed by atoms with E-state index in [4.69, 9.17) is 10.6 Å². The number of oxime groups is 1. The molecule has 19 heteroatoms. The Morgan fingerprint density at radius 3 is 2.62 bits per heavy atom. The minimum absolute atomic E-state index is 0. The molecule has 4 rings (SSSR count). The zero-order valence-electron chi connectivity index (χ0n) is 21.2. The largest absolute Gasteiger partial charge is 1.00 e. The van der Waals surface area contributed by atoms with Crippen LogP contribution in [0.4, 0.5) is 5.13 Å². The van der Waals surface area contributed by atoms with E-state index in [1.807, 2.05) is 0 Å². The number of aryl methyl sites for hydroxylation is 1. The standard InChI is InChI=1S/C20H20N6O7S4.2Na/c1-7-10(3-11(27)28)37-20(22-7)36-5-8-4-34-17-13(16(30)26(17)14(8)18(31)32)24-15(29)12(25-33-2)9-6-35-19(21)23-9;;/h6,13,17H,3-5H2,1-2H3,(H2,21,23)(H,24,29)(H,27,28)(H,31,32);;/q;2*+1/p-2. The van der Waals surface area contributed by atoms with Gasteiger partial charge in [0.15, 0.2) is 15.2 Å². The molecule has 4 heterocycles. The summed E-state index contributed by atoms with van der Waals surface area (Å²) in [6.45, 7) is 1.69. The Morgan fingerprint density at radius 2 is 2.03 bits per heavy atom. The van der Waals surface area contributed by atoms with E-state index in [0.29, 0.717) is 20.5 Å². The number of nitrogens with one attached hydrogen (secondary N) is 1. The van der Waals surface area contributed by atoms with Crippen LogP contribution in [0.2, 0.25) is 0 Å². The van der Waals surface area contributed by atoms with Crippen molar-refractivity contribution in [2.24, 2.45) is 5.16 Å². The molecule has 2 aromatic rings. The predicted octanol–water partition coefficient (Wildman–Crippen LogP) is -7.66. The molecule has 2 aliphatic heterocycles. The van der Waals surface area contributed by atoms with Crippen molar-refractivity contribution in [1.29, 1.82) is 0 Å². The summed E-state index contributed by atoms with van der Waals surface area (Å²) >= 11 is 4.83. The molecule has 1 fully saturated rings. The summed E-state index contributed by atoms with van der Waals surface area (Å²) in [4.78, 5) is 63.4. The summed E-state index contributed by atoms with van der Waals surface area (Å²) in [7, 11) is 1.25. The van der Waals surface area contributed by atoms with Crippen molar-refractivity contribution in [2.75, 3.05) is 24.3 Å². The number of rotatable bonds is 10. The van der Waals surface area contributed by atoms with Crippen molar-refractivity contribution < 1.29 is 93.3 Å². The van der Waals surface area contributed by atoms with E-state index in [1.54, 1.807) is 6.92 Å². The number of carbonyl (C=O) groups is 4. The second-order valence-corrected chi connectivity index (χ2v) is 11.9. The first-order valence-electron chi connectivity index (χ1n) is 10.4. The number of hydrogen-bond acceptors (Lipinski definition) is 15. The third-order valence-corrected chi connectivity index (χ3v) is 9.64. The molecule has 2 aromatic heterocycles. The number of thiazole rings is 2. The number of thioether (sulfide) groups is 2. The van der Waals surface area contributed by atoms with Crippen LogP contribution in [0.1, 0.15) is 16.3 Å². The van der Waals surface area contributed by atoms with Crippen LogP contribution in [0.5, 0.6) is 0 Å². The van der Waals surface area contributed by atoms with Gasteiger partial charge >= 0.3 is 59.1 Å². The molecule has 2 atom stereocenters. The van der Waals surface area contributed by atoms with E-state index < -0.39 is 35.2 Å². The van der Waals surface area contributed by atoms with E-state index in [-0.39, 0.29) is 99.3 Å². The van der Waals surface area contributed by atoms with Crippen molar-refractivity contribution in [3.05, 3.63) is 32.9 Å². The number of carbonyl (C=O) groups excluding carboxylic acids is 4. The molecular weight excluding hydrogens is 611 g/mol.